The summed E-state index contributed by atoms with van der Waals surface area (Å²) in [7, 11) is 0. The van der Waals surface area contributed by atoms with Crippen molar-refractivity contribution >= 4 is 18.3 Å². The number of halogens is 1. The molecule has 7 heteroatoms. The molecule has 23 heavy (non-hydrogen) atoms. The van der Waals surface area contributed by atoms with E-state index in [1.54, 1.807) is 6.92 Å². The molecule has 6 nitrogen and oxygen atoms in total. The number of hydrogen-bond donors (Lipinski definition) is 1. The quantitative estimate of drug-likeness (QED) is 0.918. The summed E-state index contributed by atoms with van der Waals surface area (Å²) in [5.74, 6) is 1.39. The number of benzene rings is 1. The third-order valence-corrected chi connectivity index (χ3v) is 4.07. The molecule has 2 heterocycles. The van der Waals surface area contributed by atoms with E-state index in [4.69, 9.17) is 10.3 Å². The highest BCUT2D eigenvalue weighted by Gasteiger charge is 2.33. The van der Waals surface area contributed by atoms with Gasteiger partial charge in [-0.05, 0) is 12.5 Å². The van der Waals surface area contributed by atoms with Gasteiger partial charge in [-0.25, -0.2) is 0 Å². The van der Waals surface area contributed by atoms with E-state index in [9.17, 15) is 4.79 Å². The van der Waals surface area contributed by atoms with E-state index in [-0.39, 0.29) is 30.3 Å². The van der Waals surface area contributed by atoms with Crippen molar-refractivity contribution in [1.29, 1.82) is 0 Å². The Morgan fingerprint density at radius 3 is 2.74 bits per heavy atom. The van der Waals surface area contributed by atoms with E-state index < -0.39 is 0 Å². The number of amides is 1. The third-order valence-electron chi connectivity index (χ3n) is 4.07. The van der Waals surface area contributed by atoms with Crippen LogP contribution in [0.15, 0.2) is 34.9 Å². The van der Waals surface area contributed by atoms with Crippen LogP contribution < -0.4 is 5.73 Å². The number of rotatable bonds is 4. The van der Waals surface area contributed by atoms with Crippen LogP contribution in [0.2, 0.25) is 0 Å². The van der Waals surface area contributed by atoms with E-state index in [0.29, 0.717) is 37.6 Å². The summed E-state index contributed by atoms with van der Waals surface area (Å²) >= 11 is 0. The smallest absolute Gasteiger partial charge is 0.227 e. The molecule has 2 atom stereocenters. The second-order valence-electron chi connectivity index (χ2n) is 5.72. The van der Waals surface area contributed by atoms with Gasteiger partial charge in [0.15, 0.2) is 5.82 Å². The van der Waals surface area contributed by atoms with E-state index >= 15 is 0 Å². The van der Waals surface area contributed by atoms with Gasteiger partial charge in [0.2, 0.25) is 11.8 Å². The average molecular weight is 337 g/mol. The number of carbonyl (C=O) groups excluding carboxylic acids is 1. The maximum absolute atomic E-state index is 12.3. The summed E-state index contributed by atoms with van der Waals surface area (Å²) in [6, 6.07) is 10.1. The first-order valence-corrected chi connectivity index (χ1v) is 7.51. The van der Waals surface area contributed by atoms with Crippen LogP contribution in [0.25, 0.3) is 0 Å². The molecule has 2 N–H and O–H groups in total. The molecule has 3 rings (SSSR count). The minimum Gasteiger partial charge on any atom is -0.340 e. The fourth-order valence-corrected chi connectivity index (χ4v) is 2.90. The summed E-state index contributed by atoms with van der Waals surface area (Å²) in [4.78, 5) is 18.3. The van der Waals surface area contributed by atoms with Crippen LogP contribution >= 0.6 is 12.4 Å². The van der Waals surface area contributed by atoms with Crippen molar-refractivity contribution in [3.63, 3.8) is 0 Å². The topological polar surface area (TPSA) is 85.2 Å². The summed E-state index contributed by atoms with van der Waals surface area (Å²) in [6.45, 7) is 3.03. The van der Waals surface area contributed by atoms with Gasteiger partial charge in [-0.15, -0.1) is 12.4 Å². The molecule has 1 aromatic heterocycles. The molecule has 0 radical (unpaired) electrons. The maximum atomic E-state index is 12.3. The highest BCUT2D eigenvalue weighted by Crippen LogP contribution is 2.26. The van der Waals surface area contributed by atoms with Gasteiger partial charge < -0.3 is 15.2 Å². The molecule has 0 unspecified atom stereocenters. The number of likely N-dealkylation sites (tertiary alicyclic amines) is 1. The zero-order chi connectivity index (χ0) is 15.5. The zero-order valence-electron chi connectivity index (χ0n) is 13.0. The Balaban J connectivity index is 0.00000192. The maximum Gasteiger partial charge on any atom is 0.227 e. The summed E-state index contributed by atoms with van der Waals surface area (Å²) in [6.07, 6.45) is 0.845. The fraction of sp³-hybridized carbons (Fsp3) is 0.438. The molecule has 1 amide bonds. The number of aryl methyl sites for hydroxylation is 2. The molecular formula is C16H21ClN4O2. The Kier molecular flexibility index (Phi) is 5.74. The molecule has 0 aliphatic carbocycles. The zero-order valence-corrected chi connectivity index (χ0v) is 13.8. The Morgan fingerprint density at radius 2 is 2.09 bits per heavy atom. The van der Waals surface area contributed by atoms with Crippen LogP contribution in [0.5, 0.6) is 0 Å². The van der Waals surface area contributed by atoms with E-state index in [1.807, 2.05) is 23.1 Å². The van der Waals surface area contributed by atoms with Crippen molar-refractivity contribution < 1.29 is 9.32 Å². The van der Waals surface area contributed by atoms with Crippen LogP contribution in [0.3, 0.4) is 0 Å². The molecule has 0 bridgehead atoms. The van der Waals surface area contributed by atoms with Crippen molar-refractivity contribution in [3.05, 3.63) is 47.6 Å². The molecule has 1 aliphatic heterocycles. The number of aromatic nitrogens is 2. The number of nitrogens with two attached hydrogens (primary N) is 1. The minimum atomic E-state index is -0.0167. The first-order chi connectivity index (χ1) is 10.6. The number of nitrogens with zero attached hydrogens (tertiary/aromatic N) is 3. The lowest BCUT2D eigenvalue weighted by atomic mass is 9.95. The summed E-state index contributed by atoms with van der Waals surface area (Å²) in [5, 5.41) is 3.72. The fourth-order valence-electron chi connectivity index (χ4n) is 2.90. The van der Waals surface area contributed by atoms with Crippen molar-refractivity contribution in [2.24, 2.45) is 5.73 Å². The van der Waals surface area contributed by atoms with Crippen molar-refractivity contribution in [1.82, 2.24) is 15.0 Å². The normalized spacial score (nSPS) is 20.3. The van der Waals surface area contributed by atoms with E-state index in [2.05, 4.69) is 22.3 Å². The molecule has 0 spiro atoms. The lowest BCUT2D eigenvalue weighted by Crippen LogP contribution is -2.32. The lowest BCUT2D eigenvalue weighted by molar-refractivity contribution is -0.130. The SMILES string of the molecule is Cc1noc(CCC(=O)N2C[C@@H](N)[C@H](c3ccccc3)C2)n1.Cl. The standard InChI is InChI=1S/C16H20N4O2.ClH/c1-11-18-15(22-19-11)7-8-16(21)20-9-13(14(17)10-20)12-5-3-2-4-6-12;/h2-6,13-14H,7-10,17H2,1H3;1H/t13-,14+;/m0./s1. The van der Waals surface area contributed by atoms with Crippen molar-refractivity contribution in [2.75, 3.05) is 13.1 Å². The highest BCUT2D eigenvalue weighted by molar-refractivity contribution is 5.85. The first-order valence-electron chi connectivity index (χ1n) is 7.51. The second kappa shape index (κ2) is 7.57. The van der Waals surface area contributed by atoms with Crippen LogP contribution in [-0.2, 0) is 11.2 Å². The largest absolute Gasteiger partial charge is 0.340 e. The molecule has 124 valence electrons. The Labute approximate surface area is 141 Å². The van der Waals surface area contributed by atoms with Gasteiger partial charge in [0.05, 0.1) is 0 Å². The van der Waals surface area contributed by atoms with Gasteiger partial charge >= 0.3 is 0 Å². The monoisotopic (exact) mass is 336 g/mol. The van der Waals surface area contributed by atoms with Crippen LogP contribution in [-0.4, -0.2) is 40.1 Å². The Morgan fingerprint density at radius 1 is 1.35 bits per heavy atom. The number of carbonyl (C=O) groups is 1. The molecule has 1 fully saturated rings. The molecular weight excluding hydrogens is 316 g/mol. The van der Waals surface area contributed by atoms with Gasteiger partial charge in [0.1, 0.15) is 0 Å². The second-order valence-corrected chi connectivity index (χ2v) is 5.72. The predicted octanol–water partition coefficient (Wildman–Crippen LogP) is 1.69. The molecule has 0 saturated carbocycles. The van der Waals surface area contributed by atoms with Gasteiger partial charge in [0.25, 0.3) is 0 Å². The third kappa shape index (κ3) is 4.09. The molecule has 1 aromatic carbocycles. The van der Waals surface area contributed by atoms with Gasteiger partial charge in [-0.3, -0.25) is 4.79 Å². The predicted molar refractivity (Wildman–Crippen MR) is 88.3 cm³/mol. The van der Waals surface area contributed by atoms with Crippen molar-refractivity contribution in [2.45, 2.75) is 31.7 Å². The van der Waals surface area contributed by atoms with Crippen molar-refractivity contribution in [3.8, 4) is 0 Å². The number of hydrogen-bond acceptors (Lipinski definition) is 5. The molecule has 1 saturated heterocycles. The summed E-state index contributed by atoms with van der Waals surface area (Å²) < 4.78 is 5.03. The van der Waals surface area contributed by atoms with Crippen LogP contribution in [0.1, 0.15) is 29.6 Å². The lowest BCUT2D eigenvalue weighted by Gasteiger charge is -2.16. The molecule has 2 aromatic rings. The van der Waals surface area contributed by atoms with Gasteiger partial charge in [0, 0.05) is 37.9 Å². The van der Waals surface area contributed by atoms with Crippen LogP contribution in [0, 0.1) is 6.92 Å². The minimum absolute atomic E-state index is 0. The molecule has 1 aliphatic rings. The van der Waals surface area contributed by atoms with E-state index in [1.165, 1.54) is 5.56 Å². The van der Waals surface area contributed by atoms with Crippen LogP contribution in [0.4, 0.5) is 0 Å². The summed E-state index contributed by atoms with van der Waals surface area (Å²) in [5.41, 5.74) is 7.41. The average Bonchev–Trinajstić information content (AvgIpc) is 3.12. The van der Waals surface area contributed by atoms with Gasteiger partial charge in [-0.1, -0.05) is 35.5 Å². The Bertz CT molecular complexity index is 647. The van der Waals surface area contributed by atoms with Gasteiger partial charge in [-0.2, -0.15) is 4.98 Å². The first kappa shape index (κ1) is 17.4. The van der Waals surface area contributed by atoms with E-state index in [0.717, 1.165) is 0 Å². The highest BCUT2D eigenvalue weighted by atomic mass is 35.5. The Hall–Kier alpha value is -1.92.